The van der Waals surface area contributed by atoms with Crippen LogP contribution < -0.4 is 5.32 Å². The second-order valence-electron chi connectivity index (χ2n) is 7.05. The minimum atomic E-state index is 0.117. The SMILES string of the molecule is Cc1cc(C2CCN(C(=O)NC3CCCC(C)C3)CC2)on1. The molecule has 5 heteroatoms. The number of piperidine rings is 1. The van der Waals surface area contributed by atoms with Gasteiger partial charge in [0, 0.05) is 31.1 Å². The highest BCUT2D eigenvalue weighted by Gasteiger charge is 2.28. The molecule has 2 heterocycles. The molecule has 1 saturated carbocycles. The van der Waals surface area contributed by atoms with Crippen LogP contribution in [0.4, 0.5) is 4.79 Å². The Bertz CT molecular complexity index is 506. The molecule has 122 valence electrons. The molecule has 3 rings (SSSR count). The van der Waals surface area contributed by atoms with Crippen molar-refractivity contribution in [2.75, 3.05) is 13.1 Å². The largest absolute Gasteiger partial charge is 0.361 e. The molecule has 2 atom stereocenters. The van der Waals surface area contributed by atoms with Crippen LogP contribution in [0.15, 0.2) is 10.6 Å². The van der Waals surface area contributed by atoms with Gasteiger partial charge >= 0.3 is 6.03 Å². The van der Waals surface area contributed by atoms with Crippen molar-refractivity contribution in [3.8, 4) is 0 Å². The third-order valence-electron chi connectivity index (χ3n) is 5.09. The van der Waals surface area contributed by atoms with Gasteiger partial charge in [0.25, 0.3) is 0 Å². The Labute approximate surface area is 132 Å². The maximum atomic E-state index is 12.4. The van der Waals surface area contributed by atoms with E-state index in [1.165, 1.54) is 12.8 Å². The fourth-order valence-corrected chi connectivity index (χ4v) is 3.77. The molecule has 2 unspecified atom stereocenters. The molecule has 2 fully saturated rings. The third-order valence-corrected chi connectivity index (χ3v) is 5.09. The number of aryl methyl sites for hydroxylation is 1. The van der Waals surface area contributed by atoms with Gasteiger partial charge in [-0.05, 0) is 38.5 Å². The predicted octanol–water partition coefficient (Wildman–Crippen LogP) is 3.45. The number of rotatable bonds is 2. The van der Waals surface area contributed by atoms with E-state index in [1.54, 1.807) is 0 Å². The summed E-state index contributed by atoms with van der Waals surface area (Å²) in [5.41, 5.74) is 0.932. The summed E-state index contributed by atoms with van der Waals surface area (Å²) < 4.78 is 5.36. The van der Waals surface area contributed by atoms with Crippen LogP contribution in [0.1, 0.15) is 62.8 Å². The van der Waals surface area contributed by atoms with Crippen molar-refractivity contribution in [1.29, 1.82) is 0 Å². The summed E-state index contributed by atoms with van der Waals surface area (Å²) in [6.07, 6.45) is 6.71. The molecule has 0 spiro atoms. The maximum Gasteiger partial charge on any atom is 0.317 e. The first-order valence-corrected chi connectivity index (χ1v) is 8.60. The number of urea groups is 1. The molecule has 2 amide bonds. The van der Waals surface area contributed by atoms with Crippen molar-refractivity contribution in [3.05, 3.63) is 17.5 Å². The Morgan fingerprint density at radius 3 is 2.73 bits per heavy atom. The Balaban J connectivity index is 1.47. The molecule has 0 radical (unpaired) electrons. The number of carbonyl (C=O) groups is 1. The molecule has 2 aliphatic rings. The van der Waals surface area contributed by atoms with Gasteiger partial charge in [-0.3, -0.25) is 0 Å². The van der Waals surface area contributed by atoms with Gasteiger partial charge < -0.3 is 14.7 Å². The minimum absolute atomic E-state index is 0.117. The number of likely N-dealkylation sites (tertiary alicyclic amines) is 1. The summed E-state index contributed by atoms with van der Waals surface area (Å²) in [6.45, 7) is 5.83. The molecule has 5 nitrogen and oxygen atoms in total. The monoisotopic (exact) mass is 305 g/mol. The fourth-order valence-electron chi connectivity index (χ4n) is 3.77. The standard InChI is InChI=1S/C17H27N3O2/c1-12-4-3-5-15(10-12)18-17(21)20-8-6-14(7-9-20)16-11-13(2)19-22-16/h11-12,14-15H,3-10H2,1-2H3,(H,18,21). The Morgan fingerprint density at radius 1 is 1.32 bits per heavy atom. The first-order valence-electron chi connectivity index (χ1n) is 8.60. The molecule has 0 bridgehead atoms. The second-order valence-corrected chi connectivity index (χ2v) is 7.05. The van der Waals surface area contributed by atoms with Crippen molar-refractivity contribution >= 4 is 6.03 Å². The maximum absolute atomic E-state index is 12.4. The van der Waals surface area contributed by atoms with Crippen LogP contribution in [-0.4, -0.2) is 35.2 Å². The Morgan fingerprint density at radius 2 is 2.09 bits per heavy atom. The van der Waals surface area contributed by atoms with E-state index in [4.69, 9.17) is 4.52 Å². The highest BCUT2D eigenvalue weighted by atomic mass is 16.5. The van der Waals surface area contributed by atoms with Crippen LogP contribution in [0, 0.1) is 12.8 Å². The number of aromatic nitrogens is 1. The summed E-state index contributed by atoms with van der Waals surface area (Å²) in [5, 5.41) is 7.19. The lowest BCUT2D eigenvalue weighted by atomic mass is 9.87. The lowest BCUT2D eigenvalue weighted by molar-refractivity contribution is 0.167. The molecular formula is C17H27N3O2. The molecule has 1 aromatic rings. The summed E-state index contributed by atoms with van der Waals surface area (Å²) in [7, 11) is 0. The Hall–Kier alpha value is -1.52. The molecule has 22 heavy (non-hydrogen) atoms. The molecule has 1 saturated heterocycles. The van der Waals surface area contributed by atoms with Crippen LogP contribution in [0.2, 0.25) is 0 Å². The summed E-state index contributed by atoms with van der Waals surface area (Å²) >= 11 is 0. The highest BCUT2D eigenvalue weighted by molar-refractivity contribution is 5.74. The van der Waals surface area contributed by atoms with Crippen molar-refractivity contribution in [2.45, 2.75) is 64.3 Å². The van der Waals surface area contributed by atoms with E-state index in [1.807, 2.05) is 17.9 Å². The van der Waals surface area contributed by atoms with E-state index in [2.05, 4.69) is 17.4 Å². The van der Waals surface area contributed by atoms with Crippen molar-refractivity contribution in [2.24, 2.45) is 5.92 Å². The number of nitrogens with one attached hydrogen (secondary N) is 1. The minimum Gasteiger partial charge on any atom is -0.361 e. The van der Waals surface area contributed by atoms with Crippen LogP contribution in [0.3, 0.4) is 0 Å². The molecule has 1 N–H and O–H groups in total. The van der Waals surface area contributed by atoms with E-state index < -0.39 is 0 Å². The van der Waals surface area contributed by atoms with Crippen LogP contribution >= 0.6 is 0 Å². The first kappa shape index (κ1) is 15.4. The molecule has 1 aliphatic heterocycles. The quantitative estimate of drug-likeness (QED) is 0.910. The number of amides is 2. The summed E-state index contributed by atoms with van der Waals surface area (Å²) in [6, 6.07) is 2.50. The zero-order chi connectivity index (χ0) is 15.5. The van der Waals surface area contributed by atoms with Crippen LogP contribution in [0.25, 0.3) is 0 Å². The summed E-state index contributed by atoms with van der Waals surface area (Å²) in [5.74, 6) is 2.11. The molecule has 0 aromatic carbocycles. The fraction of sp³-hybridized carbons (Fsp3) is 0.765. The van der Waals surface area contributed by atoms with Crippen LogP contribution in [0.5, 0.6) is 0 Å². The third kappa shape index (κ3) is 3.62. The van der Waals surface area contributed by atoms with Gasteiger partial charge in [-0.1, -0.05) is 24.9 Å². The van der Waals surface area contributed by atoms with Gasteiger partial charge in [0.15, 0.2) is 0 Å². The molecule has 1 aromatic heterocycles. The number of nitrogens with zero attached hydrogens (tertiary/aromatic N) is 2. The van der Waals surface area contributed by atoms with Crippen molar-refractivity contribution in [1.82, 2.24) is 15.4 Å². The van der Waals surface area contributed by atoms with Gasteiger partial charge in [0.1, 0.15) is 5.76 Å². The number of carbonyl (C=O) groups excluding carboxylic acids is 1. The van der Waals surface area contributed by atoms with E-state index in [0.29, 0.717) is 12.0 Å². The average Bonchev–Trinajstić information content (AvgIpc) is 2.94. The van der Waals surface area contributed by atoms with Gasteiger partial charge in [-0.25, -0.2) is 4.79 Å². The van der Waals surface area contributed by atoms with Gasteiger partial charge in [0.05, 0.1) is 5.69 Å². The topological polar surface area (TPSA) is 58.4 Å². The van der Waals surface area contributed by atoms with Gasteiger partial charge in [0.2, 0.25) is 0 Å². The molecule has 1 aliphatic carbocycles. The van der Waals surface area contributed by atoms with E-state index >= 15 is 0 Å². The predicted molar refractivity (Wildman–Crippen MR) is 84.7 cm³/mol. The smallest absolute Gasteiger partial charge is 0.317 e. The lowest BCUT2D eigenvalue weighted by Gasteiger charge is -2.34. The van der Waals surface area contributed by atoms with Gasteiger partial charge in [-0.2, -0.15) is 0 Å². The zero-order valence-corrected chi connectivity index (χ0v) is 13.7. The highest BCUT2D eigenvalue weighted by Crippen LogP contribution is 2.29. The zero-order valence-electron chi connectivity index (χ0n) is 13.7. The van der Waals surface area contributed by atoms with Crippen LogP contribution in [-0.2, 0) is 0 Å². The van der Waals surface area contributed by atoms with E-state index in [-0.39, 0.29) is 6.03 Å². The van der Waals surface area contributed by atoms with Crippen molar-refractivity contribution in [3.63, 3.8) is 0 Å². The van der Waals surface area contributed by atoms with E-state index in [0.717, 1.165) is 56.1 Å². The average molecular weight is 305 g/mol. The second kappa shape index (κ2) is 6.71. The summed E-state index contributed by atoms with van der Waals surface area (Å²) in [4.78, 5) is 14.4. The normalized spacial score (nSPS) is 26.9. The van der Waals surface area contributed by atoms with Gasteiger partial charge in [-0.15, -0.1) is 0 Å². The lowest BCUT2D eigenvalue weighted by Crippen LogP contribution is -2.48. The van der Waals surface area contributed by atoms with Crippen molar-refractivity contribution < 1.29 is 9.32 Å². The first-order chi connectivity index (χ1) is 10.6. The number of hydrogen-bond donors (Lipinski definition) is 1. The van der Waals surface area contributed by atoms with E-state index in [9.17, 15) is 4.79 Å². The molecular weight excluding hydrogens is 278 g/mol. The number of hydrogen-bond acceptors (Lipinski definition) is 3. The Kier molecular flexibility index (Phi) is 4.69.